The Kier molecular flexibility index (Phi) is 28.0. The van der Waals surface area contributed by atoms with Crippen molar-refractivity contribution in [2.24, 2.45) is 0 Å². The van der Waals surface area contributed by atoms with Gasteiger partial charge in [-0.05, 0) is 79.1 Å². The molecule has 0 spiro atoms. The maximum Gasteiger partial charge on any atom is 0.333 e. The highest BCUT2D eigenvalue weighted by molar-refractivity contribution is 5.88. The molecule has 4 atom stereocenters. The fourth-order valence-corrected chi connectivity index (χ4v) is 4.90. The average molecular weight is 853 g/mol. The summed E-state index contributed by atoms with van der Waals surface area (Å²) in [6.45, 7) is 19.5. The Labute approximate surface area is 353 Å². The van der Waals surface area contributed by atoms with Crippen LogP contribution in [0.3, 0.4) is 0 Å². The molecule has 1 aliphatic rings. The van der Waals surface area contributed by atoms with E-state index in [1.807, 2.05) is 0 Å². The van der Waals surface area contributed by atoms with Gasteiger partial charge in [0, 0.05) is 48.0 Å². The lowest BCUT2D eigenvalue weighted by molar-refractivity contribution is -0.233. The minimum atomic E-state index is -1.41. The van der Waals surface area contributed by atoms with Crippen LogP contribution in [0.2, 0.25) is 0 Å². The van der Waals surface area contributed by atoms with E-state index in [1.54, 1.807) is 0 Å². The fourth-order valence-electron chi connectivity index (χ4n) is 4.90. The molecule has 338 valence electrons. The van der Waals surface area contributed by atoms with Crippen LogP contribution in [0.25, 0.3) is 0 Å². The van der Waals surface area contributed by atoms with Crippen molar-refractivity contribution >= 4 is 47.8 Å². The van der Waals surface area contributed by atoms with E-state index < -0.39 is 78.8 Å². The van der Waals surface area contributed by atoms with Gasteiger partial charge in [-0.25, -0.2) is 19.2 Å². The number of carbonyl (C=O) groups excluding carboxylic acids is 8. The van der Waals surface area contributed by atoms with Crippen LogP contribution in [0.15, 0.2) is 48.6 Å². The zero-order valence-electron chi connectivity index (χ0n) is 34.8. The SMILES string of the molecule is C.C=C(C)C(=O)OCCCCC(=O)OCC1OC[C@@H](OC(=O)CCCCOC(=O)C(=C)C)C(OC(=O)CCCCOC(=O)C(=C)C)[C@H]1OC(=O)CCCCOC(=O)C(=C)C. The van der Waals surface area contributed by atoms with Gasteiger partial charge in [0.1, 0.15) is 12.7 Å². The van der Waals surface area contributed by atoms with Gasteiger partial charge < -0.3 is 42.6 Å². The highest BCUT2D eigenvalue weighted by Crippen LogP contribution is 2.27. The van der Waals surface area contributed by atoms with Gasteiger partial charge in [-0.15, -0.1) is 0 Å². The lowest BCUT2D eigenvalue weighted by atomic mass is 9.99. The second kappa shape index (κ2) is 30.7. The van der Waals surface area contributed by atoms with Gasteiger partial charge >= 0.3 is 47.8 Å². The van der Waals surface area contributed by atoms with Gasteiger partial charge in [-0.2, -0.15) is 0 Å². The van der Waals surface area contributed by atoms with E-state index in [9.17, 15) is 38.4 Å². The maximum atomic E-state index is 13.2. The highest BCUT2D eigenvalue weighted by Gasteiger charge is 2.48. The Hall–Kier alpha value is -5.32. The molecule has 17 nitrogen and oxygen atoms in total. The molecule has 1 saturated heterocycles. The Morgan fingerprint density at radius 3 is 1.12 bits per heavy atom. The molecular weight excluding hydrogens is 788 g/mol. The summed E-state index contributed by atoms with van der Waals surface area (Å²) in [6, 6.07) is 0. The number of unbranched alkanes of at least 4 members (excludes halogenated alkanes) is 4. The van der Waals surface area contributed by atoms with Gasteiger partial charge in [-0.1, -0.05) is 33.7 Å². The molecule has 0 bridgehead atoms. The van der Waals surface area contributed by atoms with Crippen LogP contribution in [0.4, 0.5) is 0 Å². The van der Waals surface area contributed by atoms with Crippen molar-refractivity contribution in [3.63, 3.8) is 0 Å². The predicted molar refractivity (Wildman–Crippen MR) is 216 cm³/mol. The van der Waals surface area contributed by atoms with Crippen LogP contribution in [0, 0.1) is 0 Å². The quantitative estimate of drug-likeness (QED) is 0.0395. The third-order valence-corrected chi connectivity index (χ3v) is 8.19. The van der Waals surface area contributed by atoms with Gasteiger partial charge in [0.15, 0.2) is 18.3 Å². The van der Waals surface area contributed by atoms with Gasteiger partial charge in [-0.3, -0.25) is 19.2 Å². The molecule has 1 rings (SSSR count). The number of esters is 8. The van der Waals surface area contributed by atoms with Gasteiger partial charge in [0.25, 0.3) is 0 Å². The molecule has 0 amide bonds. The first-order valence-corrected chi connectivity index (χ1v) is 19.6. The zero-order valence-corrected chi connectivity index (χ0v) is 34.8. The van der Waals surface area contributed by atoms with E-state index in [-0.39, 0.29) is 108 Å². The highest BCUT2D eigenvalue weighted by atomic mass is 16.7. The summed E-state index contributed by atoms with van der Waals surface area (Å²) in [4.78, 5) is 98.7. The Balaban J connectivity index is 0.0000348. The molecular formula is C43H64O17. The first-order valence-electron chi connectivity index (χ1n) is 19.6. The molecule has 0 aromatic rings. The van der Waals surface area contributed by atoms with E-state index in [2.05, 4.69) is 26.3 Å². The Morgan fingerprint density at radius 1 is 0.450 bits per heavy atom. The number of ether oxygens (including phenoxy) is 9. The van der Waals surface area contributed by atoms with E-state index >= 15 is 0 Å². The van der Waals surface area contributed by atoms with Crippen molar-refractivity contribution in [2.75, 3.05) is 39.6 Å². The van der Waals surface area contributed by atoms with Crippen molar-refractivity contribution in [3.05, 3.63) is 48.6 Å². The summed E-state index contributed by atoms with van der Waals surface area (Å²) in [6.07, 6.45) is -3.18. The maximum absolute atomic E-state index is 13.2. The van der Waals surface area contributed by atoms with E-state index in [0.717, 1.165) is 0 Å². The lowest BCUT2D eigenvalue weighted by Gasteiger charge is -2.40. The molecule has 60 heavy (non-hydrogen) atoms. The third-order valence-electron chi connectivity index (χ3n) is 8.19. The van der Waals surface area contributed by atoms with Crippen LogP contribution in [0.5, 0.6) is 0 Å². The second-order valence-electron chi connectivity index (χ2n) is 14.0. The minimum absolute atomic E-state index is 0. The molecule has 0 saturated carbocycles. The molecule has 0 radical (unpaired) electrons. The first kappa shape index (κ1) is 54.7. The summed E-state index contributed by atoms with van der Waals surface area (Å²) >= 11 is 0. The number of hydrogen-bond donors (Lipinski definition) is 0. The van der Waals surface area contributed by atoms with E-state index in [4.69, 9.17) is 42.6 Å². The fraction of sp³-hybridized carbons (Fsp3) is 0.628. The van der Waals surface area contributed by atoms with Crippen molar-refractivity contribution in [3.8, 4) is 0 Å². The van der Waals surface area contributed by atoms with Crippen molar-refractivity contribution < 1.29 is 81.0 Å². The summed E-state index contributed by atoms with van der Waals surface area (Å²) in [5, 5.41) is 0. The van der Waals surface area contributed by atoms with Crippen LogP contribution in [-0.4, -0.2) is 112 Å². The van der Waals surface area contributed by atoms with E-state index in [0.29, 0.717) is 32.1 Å². The normalized spacial score (nSPS) is 16.7. The van der Waals surface area contributed by atoms with Crippen molar-refractivity contribution in [1.29, 1.82) is 0 Å². The van der Waals surface area contributed by atoms with Gasteiger partial charge in [0.2, 0.25) is 0 Å². The molecule has 1 heterocycles. The Bertz CT molecular complexity index is 1510. The summed E-state index contributed by atoms with van der Waals surface area (Å²) in [5.41, 5.74) is 0.936. The monoisotopic (exact) mass is 852 g/mol. The predicted octanol–water partition coefficient (Wildman–Crippen LogP) is 5.46. The molecule has 0 aliphatic carbocycles. The standard InChI is InChI=1S/C42H60O17.CH4/c1-27(2)39(47)51-21-13-9-17-33(43)56-25-31-37(58-35(45)19-11-15-23-53-41(49)29(5)6)38(59-36(46)20-12-16-24-54-42(50)30(7)8)32(26-55-31)57-34(44)18-10-14-22-52-40(48)28(3)4;/h31-32,37-38H,1,3,5,7,9-26H2,2,4,6,8H3;1H4/t31?,32-,37+,38?;/m1./s1. The van der Waals surface area contributed by atoms with Crippen molar-refractivity contribution in [2.45, 2.75) is 137 Å². The topological polar surface area (TPSA) is 220 Å². The molecule has 17 heteroatoms. The van der Waals surface area contributed by atoms with Crippen LogP contribution in [0.1, 0.15) is 112 Å². The largest absolute Gasteiger partial charge is 0.463 e. The number of hydrogen-bond acceptors (Lipinski definition) is 17. The number of carbonyl (C=O) groups is 8. The molecule has 0 aromatic carbocycles. The summed E-state index contributed by atoms with van der Waals surface area (Å²) in [7, 11) is 0. The lowest BCUT2D eigenvalue weighted by Crippen LogP contribution is -2.59. The second-order valence-corrected chi connectivity index (χ2v) is 14.0. The average Bonchev–Trinajstić information content (AvgIpc) is 3.17. The smallest absolute Gasteiger partial charge is 0.333 e. The zero-order chi connectivity index (χ0) is 44.3. The molecule has 2 unspecified atom stereocenters. The molecule has 0 aromatic heterocycles. The third kappa shape index (κ3) is 23.9. The Morgan fingerprint density at radius 2 is 0.767 bits per heavy atom. The summed E-state index contributed by atoms with van der Waals surface area (Å²) in [5.74, 6) is -5.05. The summed E-state index contributed by atoms with van der Waals surface area (Å²) < 4.78 is 48.9. The van der Waals surface area contributed by atoms with Crippen molar-refractivity contribution in [1.82, 2.24) is 0 Å². The molecule has 0 N–H and O–H groups in total. The number of rotatable bonds is 29. The molecule has 1 fully saturated rings. The first-order chi connectivity index (χ1) is 27.9. The molecule has 1 aliphatic heterocycles. The van der Waals surface area contributed by atoms with E-state index in [1.165, 1.54) is 27.7 Å². The minimum Gasteiger partial charge on any atom is -0.463 e. The van der Waals surface area contributed by atoms with Crippen LogP contribution < -0.4 is 0 Å². The van der Waals surface area contributed by atoms with Crippen LogP contribution in [-0.2, 0) is 81.0 Å². The van der Waals surface area contributed by atoms with Crippen LogP contribution >= 0.6 is 0 Å². The van der Waals surface area contributed by atoms with Gasteiger partial charge in [0.05, 0.1) is 33.0 Å².